The zero-order chi connectivity index (χ0) is 20.6. The monoisotopic (exact) mass is 415 g/mol. The third-order valence-electron chi connectivity index (χ3n) is 5.44. The van der Waals surface area contributed by atoms with Gasteiger partial charge in [-0.15, -0.1) is 11.3 Å². The van der Waals surface area contributed by atoms with Crippen molar-refractivity contribution in [2.45, 2.75) is 24.9 Å². The number of methoxy groups -OCH3 is 1. The maximum atomic E-state index is 5.39. The lowest BCUT2D eigenvalue weighted by molar-refractivity contribution is 0.296. The van der Waals surface area contributed by atoms with Gasteiger partial charge in [0.05, 0.1) is 18.2 Å². The van der Waals surface area contributed by atoms with Gasteiger partial charge >= 0.3 is 0 Å². The number of rotatable bonds is 7. The maximum Gasteiger partial charge on any atom is 0.191 e. The van der Waals surface area contributed by atoms with Gasteiger partial charge in [-0.25, -0.2) is 0 Å². The largest absolute Gasteiger partial charge is 0.497 e. The standard InChI is InChI=1S/C22H33N5OS/c1-23-22(25-18-10-12-27(13-11-18)21-9-6-14-29-21)24-16-20(26(2)3)17-7-5-8-19(15-17)28-4/h5-9,14-15,18,20H,10-13,16H2,1-4H3,(H2,23,24,25). The number of piperidine rings is 1. The summed E-state index contributed by atoms with van der Waals surface area (Å²) in [5.41, 5.74) is 1.22. The summed E-state index contributed by atoms with van der Waals surface area (Å²) in [5, 5.41) is 10.7. The van der Waals surface area contributed by atoms with Crippen molar-refractivity contribution in [3.05, 3.63) is 47.3 Å². The van der Waals surface area contributed by atoms with Crippen LogP contribution in [0.3, 0.4) is 0 Å². The number of nitrogens with one attached hydrogen (secondary N) is 2. The molecule has 29 heavy (non-hydrogen) atoms. The minimum atomic E-state index is 0.226. The molecule has 1 atom stereocenters. The van der Waals surface area contributed by atoms with E-state index in [4.69, 9.17) is 4.74 Å². The average molecular weight is 416 g/mol. The van der Waals surface area contributed by atoms with Gasteiger partial charge in [0.1, 0.15) is 5.75 Å². The van der Waals surface area contributed by atoms with Crippen molar-refractivity contribution in [2.75, 3.05) is 52.8 Å². The quantitative estimate of drug-likeness (QED) is 0.537. The number of benzene rings is 1. The van der Waals surface area contributed by atoms with Crippen LogP contribution in [0.25, 0.3) is 0 Å². The van der Waals surface area contributed by atoms with E-state index in [9.17, 15) is 0 Å². The molecule has 158 valence electrons. The molecule has 1 aromatic carbocycles. The van der Waals surface area contributed by atoms with E-state index in [1.807, 2.05) is 30.5 Å². The average Bonchev–Trinajstić information content (AvgIpc) is 3.28. The van der Waals surface area contributed by atoms with Gasteiger partial charge in [-0.05, 0) is 62.1 Å². The molecule has 1 unspecified atom stereocenters. The summed E-state index contributed by atoms with van der Waals surface area (Å²) < 4.78 is 5.39. The van der Waals surface area contributed by atoms with Gasteiger partial charge in [0.25, 0.3) is 0 Å². The molecular weight excluding hydrogens is 382 g/mol. The highest BCUT2D eigenvalue weighted by molar-refractivity contribution is 7.14. The zero-order valence-electron chi connectivity index (χ0n) is 17.9. The lowest BCUT2D eigenvalue weighted by Crippen LogP contribution is -2.49. The van der Waals surface area contributed by atoms with Crippen LogP contribution >= 0.6 is 11.3 Å². The Morgan fingerprint density at radius 3 is 2.69 bits per heavy atom. The molecule has 1 aliphatic rings. The van der Waals surface area contributed by atoms with Crippen LogP contribution in [0.1, 0.15) is 24.4 Å². The molecule has 1 aromatic heterocycles. The van der Waals surface area contributed by atoms with Gasteiger partial charge in [0.15, 0.2) is 5.96 Å². The van der Waals surface area contributed by atoms with Gasteiger partial charge in [0, 0.05) is 32.7 Å². The summed E-state index contributed by atoms with van der Waals surface area (Å²) in [6.45, 7) is 2.94. The van der Waals surface area contributed by atoms with E-state index in [0.29, 0.717) is 6.04 Å². The number of hydrogen-bond acceptors (Lipinski definition) is 5. The molecule has 7 heteroatoms. The lowest BCUT2D eigenvalue weighted by Gasteiger charge is -2.34. The van der Waals surface area contributed by atoms with Crippen LogP contribution in [-0.2, 0) is 0 Å². The third kappa shape index (κ3) is 5.87. The summed E-state index contributed by atoms with van der Waals surface area (Å²) in [7, 11) is 7.74. The topological polar surface area (TPSA) is 52.1 Å². The number of thiophene rings is 1. The van der Waals surface area contributed by atoms with Crippen LogP contribution in [0.4, 0.5) is 5.00 Å². The number of likely N-dealkylation sites (N-methyl/N-ethyl adjacent to an activating group) is 1. The summed E-state index contributed by atoms with van der Waals surface area (Å²) in [4.78, 5) is 9.14. The molecule has 0 bridgehead atoms. The maximum absolute atomic E-state index is 5.39. The fraction of sp³-hybridized carbons (Fsp3) is 0.500. The van der Waals surface area contributed by atoms with Crippen molar-refractivity contribution < 1.29 is 4.74 Å². The summed E-state index contributed by atoms with van der Waals surface area (Å²) >= 11 is 1.82. The Kier molecular flexibility index (Phi) is 7.77. The summed E-state index contributed by atoms with van der Waals surface area (Å²) in [6.07, 6.45) is 2.23. The van der Waals surface area contributed by atoms with E-state index in [1.54, 1.807) is 7.11 Å². The first-order valence-corrected chi connectivity index (χ1v) is 11.0. The van der Waals surface area contributed by atoms with E-state index in [2.05, 4.69) is 69.2 Å². The Bertz CT molecular complexity index is 769. The second-order valence-corrected chi connectivity index (χ2v) is 8.49. The normalized spacial score (nSPS) is 16.7. The van der Waals surface area contributed by atoms with Crippen LogP contribution < -0.4 is 20.3 Å². The van der Waals surface area contributed by atoms with Crippen molar-refractivity contribution in [3.63, 3.8) is 0 Å². The molecule has 0 radical (unpaired) electrons. The third-order valence-corrected chi connectivity index (χ3v) is 6.37. The number of ether oxygens (including phenoxy) is 1. The Labute approximate surface area is 178 Å². The van der Waals surface area contributed by atoms with Crippen LogP contribution in [0.5, 0.6) is 5.75 Å². The molecule has 0 aliphatic carbocycles. The van der Waals surface area contributed by atoms with Crippen molar-refractivity contribution in [1.29, 1.82) is 0 Å². The van der Waals surface area contributed by atoms with Crippen LogP contribution in [0.2, 0.25) is 0 Å². The first kappa shape index (κ1) is 21.5. The van der Waals surface area contributed by atoms with Gasteiger partial charge in [0.2, 0.25) is 0 Å². The Morgan fingerprint density at radius 2 is 2.07 bits per heavy atom. The molecule has 0 amide bonds. The fourth-order valence-electron chi connectivity index (χ4n) is 3.72. The Balaban J connectivity index is 1.52. The second-order valence-electron chi connectivity index (χ2n) is 7.57. The second kappa shape index (κ2) is 10.5. The molecule has 2 heterocycles. The molecule has 2 N–H and O–H groups in total. The van der Waals surface area contributed by atoms with Crippen molar-refractivity contribution in [2.24, 2.45) is 4.99 Å². The number of anilines is 1. The van der Waals surface area contributed by atoms with E-state index >= 15 is 0 Å². The predicted octanol–water partition coefficient (Wildman–Crippen LogP) is 3.19. The highest BCUT2D eigenvalue weighted by Gasteiger charge is 2.21. The van der Waals surface area contributed by atoms with Crippen LogP contribution in [0.15, 0.2) is 46.8 Å². The van der Waals surface area contributed by atoms with Crippen molar-refractivity contribution in [3.8, 4) is 5.75 Å². The highest BCUT2D eigenvalue weighted by atomic mass is 32.1. The molecule has 2 aromatic rings. The Hall–Kier alpha value is -2.25. The molecule has 0 saturated carbocycles. The highest BCUT2D eigenvalue weighted by Crippen LogP contribution is 2.25. The van der Waals surface area contributed by atoms with Gasteiger partial charge in [-0.3, -0.25) is 4.99 Å². The van der Waals surface area contributed by atoms with E-state index in [-0.39, 0.29) is 6.04 Å². The van der Waals surface area contributed by atoms with E-state index in [0.717, 1.165) is 44.2 Å². The summed E-state index contributed by atoms with van der Waals surface area (Å²) in [5.74, 6) is 1.75. The minimum absolute atomic E-state index is 0.226. The fourth-order valence-corrected chi connectivity index (χ4v) is 4.51. The predicted molar refractivity (Wildman–Crippen MR) is 123 cm³/mol. The number of hydrogen-bond donors (Lipinski definition) is 2. The number of guanidine groups is 1. The molecule has 1 fully saturated rings. The molecule has 6 nitrogen and oxygen atoms in total. The SMILES string of the molecule is CN=C(NCC(c1cccc(OC)c1)N(C)C)NC1CCN(c2cccs2)CC1. The van der Waals surface area contributed by atoms with Crippen molar-refractivity contribution in [1.82, 2.24) is 15.5 Å². The van der Waals surface area contributed by atoms with Gasteiger partial charge in [-0.2, -0.15) is 0 Å². The zero-order valence-corrected chi connectivity index (χ0v) is 18.7. The first-order valence-electron chi connectivity index (χ1n) is 10.2. The van der Waals surface area contributed by atoms with E-state index in [1.165, 1.54) is 10.6 Å². The molecular formula is C22H33N5OS. The number of nitrogens with zero attached hydrogens (tertiary/aromatic N) is 3. The van der Waals surface area contributed by atoms with Gasteiger partial charge < -0.3 is 25.2 Å². The van der Waals surface area contributed by atoms with Crippen molar-refractivity contribution >= 4 is 22.3 Å². The Morgan fingerprint density at radius 1 is 1.28 bits per heavy atom. The number of aliphatic imine (C=N–C) groups is 1. The molecule has 0 spiro atoms. The smallest absolute Gasteiger partial charge is 0.191 e. The van der Waals surface area contributed by atoms with E-state index < -0.39 is 0 Å². The molecule has 1 aliphatic heterocycles. The first-order chi connectivity index (χ1) is 14.1. The van der Waals surface area contributed by atoms with Crippen LogP contribution in [-0.4, -0.2) is 64.8 Å². The van der Waals surface area contributed by atoms with Gasteiger partial charge in [-0.1, -0.05) is 12.1 Å². The summed E-state index contributed by atoms with van der Waals surface area (Å²) in [6, 6.07) is 13.3. The lowest BCUT2D eigenvalue weighted by atomic mass is 10.0. The van der Waals surface area contributed by atoms with Crippen LogP contribution in [0, 0.1) is 0 Å². The minimum Gasteiger partial charge on any atom is -0.497 e. The molecule has 3 rings (SSSR count). The molecule has 1 saturated heterocycles.